The van der Waals surface area contributed by atoms with Crippen molar-refractivity contribution in [1.82, 2.24) is 5.32 Å². The molecule has 0 saturated heterocycles. The first kappa shape index (κ1) is 16.6. The van der Waals surface area contributed by atoms with Crippen LogP contribution in [-0.4, -0.2) is 11.5 Å². The molecule has 3 rings (SSSR count). The highest BCUT2D eigenvalue weighted by Crippen LogP contribution is 2.40. The van der Waals surface area contributed by atoms with E-state index in [-0.39, 0.29) is 17.6 Å². The first-order valence-electron chi connectivity index (χ1n) is 8.43. The fraction of sp³-hybridized carbons (Fsp3) is 0.381. The van der Waals surface area contributed by atoms with E-state index in [0.29, 0.717) is 0 Å². The van der Waals surface area contributed by atoms with E-state index in [1.807, 2.05) is 38.1 Å². The van der Waals surface area contributed by atoms with Crippen LogP contribution in [-0.2, 0) is 0 Å². The third-order valence-electron chi connectivity index (χ3n) is 4.56. The fourth-order valence-corrected chi connectivity index (χ4v) is 3.39. The lowest BCUT2D eigenvalue weighted by Crippen LogP contribution is -2.41. The summed E-state index contributed by atoms with van der Waals surface area (Å²) in [6.45, 7) is 10.2. The van der Waals surface area contributed by atoms with Gasteiger partial charge in [0.1, 0.15) is 11.4 Å². The molecule has 2 aromatic rings. The quantitative estimate of drug-likeness (QED) is 0.874. The maximum Gasteiger partial charge on any atom is 0.252 e. The molecule has 24 heavy (non-hydrogen) atoms. The van der Waals surface area contributed by atoms with Crippen molar-refractivity contribution in [2.24, 2.45) is 0 Å². The van der Waals surface area contributed by atoms with Crippen molar-refractivity contribution in [2.45, 2.75) is 52.7 Å². The summed E-state index contributed by atoms with van der Waals surface area (Å²) in [5.41, 5.74) is 4.81. The molecule has 0 aliphatic carbocycles. The minimum absolute atomic E-state index is 0.0262. The van der Waals surface area contributed by atoms with Gasteiger partial charge in [-0.15, -0.1) is 0 Å². The predicted molar refractivity (Wildman–Crippen MR) is 96.6 cm³/mol. The second-order valence-corrected chi connectivity index (χ2v) is 7.45. The number of ether oxygens (including phenoxy) is 1. The highest BCUT2D eigenvalue weighted by molar-refractivity contribution is 5.96. The molecule has 3 heteroatoms. The molecule has 1 atom stereocenters. The Morgan fingerprint density at radius 3 is 2.46 bits per heavy atom. The lowest BCUT2D eigenvalue weighted by atomic mass is 9.89. The normalized spacial score (nSPS) is 18.5. The molecular weight excluding hydrogens is 298 g/mol. The van der Waals surface area contributed by atoms with Crippen LogP contribution in [0.3, 0.4) is 0 Å². The van der Waals surface area contributed by atoms with Gasteiger partial charge in [0.05, 0.1) is 6.04 Å². The second-order valence-electron chi connectivity index (χ2n) is 7.45. The van der Waals surface area contributed by atoms with Crippen LogP contribution in [0.2, 0.25) is 0 Å². The van der Waals surface area contributed by atoms with Gasteiger partial charge in [0, 0.05) is 17.5 Å². The van der Waals surface area contributed by atoms with Crippen LogP contribution in [0.15, 0.2) is 36.4 Å². The number of carbonyl (C=O) groups excluding carboxylic acids is 1. The van der Waals surface area contributed by atoms with E-state index in [9.17, 15) is 4.79 Å². The van der Waals surface area contributed by atoms with Gasteiger partial charge in [-0.3, -0.25) is 4.79 Å². The van der Waals surface area contributed by atoms with Crippen molar-refractivity contribution >= 4 is 5.91 Å². The largest absolute Gasteiger partial charge is 0.487 e. The third kappa shape index (κ3) is 3.30. The molecule has 1 heterocycles. The molecule has 0 bridgehead atoms. The van der Waals surface area contributed by atoms with Gasteiger partial charge in [-0.2, -0.15) is 0 Å². The molecule has 1 aliphatic rings. The molecular formula is C21H25NO2. The molecule has 0 aromatic heterocycles. The van der Waals surface area contributed by atoms with Gasteiger partial charge in [0.15, 0.2) is 0 Å². The highest BCUT2D eigenvalue weighted by atomic mass is 16.5. The number of hydrogen-bond donors (Lipinski definition) is 1. The average Bonchev–Trinajstić information content (AvgIpc) is 2.45. The lowest BCUT2D eigenvalue weighted by molar-refractivity contribution is 0.0619. The zero-order chi connectivity index (χ0) is 17.5. The van der Waals surface area contributed by atoms with Crippen LogP contribution < -0.4 is 10.1 Å². The van der Waals surface area contributed by atoms with Crippen LogP contribution in [0, 0.1) is 20.8 Å². The van der Waals surface area contributed by atoms with Crippen LogP contribution in [0.5, 0.6) is 5.75 Å². The molecule has 126 valence electrons. The molecule has 1 amide bonds. The molecule has 3 nitrogen and oxygen atoms in total. The molecule has 0 radical (unpaired) electrons. The Labute approximate surface area is 144 Å². The molecule has 0 fully saturated rings. The van der Waals surface area contributed by atoms with Gasteiger partial charge in [0.2, 0.25) is 0 Å². The topological polar surface area (TPSA) is 38.3 Å². The Balaban J connectivity index is 1.90. The average molecular weight is 323 g/mol. The first-order valence-corrected chi connectivity index (χ1v) is 8.43. The van der Waals surface area contributed by atoms with E-state index in [4.69, 9.17) is 4.74 Å². The highest BCUT2D eigenvalue weighted by Gasteiger charge is 2.34. The summed E-state index contributed by atoms with van der Waals surface area (Å²) in [5, 5.41) is 3.21. The molecule has 1 aliphatic heterocycles. The molecule has 2 aromatic carbocycles. The Kier molecular flexibility index (Phi) is 4.12. The van der Waals surface area contributed by atoms with Crippen molar-refractivity contribution in [1.29, 1.82) is 0 Å². The molecule has 0 spiro atoms. The van der Waals surface area contributed by atoms with Gasteiger partial charge in [-0.25, -0.2) is 0 Å². The number of aryl methyl sites for hydroxylation is 3. The monoisotopic (exact) mass is 323 g/mol. The summed E-state index contributed by atoms with van der Waals surface area (Å²) < 4.78 is 6.11. The van der Waals surface area contributed by atoms with E-state index in [1.54, 1.807) is 0 Å². The number of nitrogens with one attached hydrogen (secondary N) is 1. The number of amides is 1. The Morgan fingerprint density at radius 1 is 1.08 bits per heavy atom. The SMILES string of the molecule is Cc1ccc(C(=O)NC2CC(C)(C)Oc3cc(C)ccc32)c(C)c1. The first-order chi connectivity index (χ1) is 11.2. The minimum Gasteiger partial charge on any atom is -0.487 e. The summed E-state index contributed by atoms with van der Waals surface area (Å²) in [4.78, 5) is 12.8. The third-order valence-corrected chi connectivity index (χ3v) is 4.56. The predicted octanol–water partition coefficient (Wildman–Crippen LogP) is 4.64. The van der Waals surface area contributed by atoms with E-state index in [1.165, 1.54) is 0 Å². The zero-order valence-corrected chi connectivity index (χ0v) is 15.1. The minimum atomic E-state index is -0.305. The number of hydrogen-bond acceptors (Lipinski definition) is 2. The van der Waals surface area contributed by atoms with Gasteiger partial charge < -0.3 is 10.1 Å². The second kappa shape index (κ2) is 5.97. The van der Waals surface area contributed by atoms with Crippen molar-refractivity contribution in [3.63, 3.8) is 0 Å². The number of carbonyl (C=O) groups is 1. The molecule has 0 saturated carbocycles. The number of fused-ring (bicyclic) bond motifs is 1. The number of benzene rings is 2. The Morgan fingerprint density at radius 2 is 1.75 bits per heavy atom. The Bertz CT molecular complexity index is 792. The van der Waals surface area contributed by atoms with Gasteiger partial charge in [0.25, 0.3) is 5.91 Å². The van der Waals surface area contributed by atoms with Crippen molar-refractivity contribution < 1.29 is 9.53 Å². The van der Waals surface area contributed by atoms with Crippen molar-refractivity contribution in [3.05, 3.63) is 64.2 Å². The molecule has 1 N–H and O–H groups in total. The standard InChI is InChI=1S/C21H25NO2/c1-13-6-8-16(15(3)10-13)20(23)22-18-12-21(4,5)24-19-11-14(2)7-9-17(18)19/h6-11,18H,12H2,1-5H3,(H,22,23). The van der Waals surface area contributed by atoms with Crippen LogP contribution in [0.4, 0.5) is 0 Å². The summed E-state index contributed by atoms with van der Waals surface area (Å²) in [7, 11) is 0. The van der Waals surface area contributed by atoms with Crippen LogP contribution >= 0.6 is 0 Å². The van der Waals surface area contributed by atoms with E-state index < -0.39 is 0 Å². The van der Waals surface area contributed by atoms with Crippen LogP contribution in [0.25, 0.3) is 0 Å². The van der Waals surface area contributed by atoms with Gasteiger partial charge >= 0.3 is 0 Å². The van der Waals surface area contributed by atoms with Gasteiger partial charge in [-0.05, 0) is 57.9 Å². The van der Waals surface area contributed by atoms with Crippen molar-refractivity contribution in [2.75, 3.05) is 0 Å². The van der Waals surface area contributed by atoms with E-state index in [2.05, 4.69) is 38.2 Å². The van der Waals surface area contributed by atoms with E-state index >= 15 is 0 Å². The smallest absolute Gasteiger partial charge is 0.252 e. The maximum absolute atomic E-state index is 12.8. The summed E-state index contributed by atoms with van der Waals surface area (Å²) in [6.07, 6.45) is 0.750. The van der Waals surface area contributed by atoms with Gasteiger partial charge in [-0.1, -0.05) is 29.8 Å². The lowest BCUT2D eigenvalue weighted by Gasteiger charge is -2.38. The van der Waals surface area contributed by atoms with E-state index in [0.717, 1.165) is 40.0 Å². The fourth-order valence-electron chi connectivity index (χ4n) is 3.39. The van der Waals surface area contributed by atoms with Crippen LogP contribution in [0.1, 0.15) is 58.9 Å². The summed E-state index contributed by atoms with van der Waals surface area (Å²) in [6, 6.07) is 12.1. The maximum atomic E-state index is 12.8. The summed E-state index contributed by atoms with van der Waals surface area (Å²) >= 11 is 0. The number of rotatable bonds is 2. The molecule has 1 unspecified atom stereocenters. The Hall–Kier alpha value is -2.29. The van der Waals surface area contributed by atoms with Crippen molar-refractivity contribution in [3.8, 4) is 5.75 Å². The summed E-state index contributed by atoms with van der Waals surface area (Å²) in [5.74, 6) is 0.846. The zero-order valence-electron chi connectivity index (χ0n) is 15.1.